The Morgan fingerprint density at radius 1 is 1.13 bits per heavy atom. The second-order valence-corrected chi connectivity index (χ2v) is 6.58. The van der Waals surface area contributed by atoms with Crippen molar-refractivity contribution in [3.05, 3.63) is 53.6 Å². The van der Waals surface area contributed by atoms with Gasteiger partial charge in [0.05, 0.1) is 6.10 Å². The maximum absolute atomic E-state index is 5.60. The summed E-state index contributed by atoms with van der Waals surface area (Å²) in [6, 6.07) is 15.1. The Kier molecular flexibility index (Phi) is 4.02. The molecule has 118 valence electrons. The molecule has 1 aliphatic carbocycles. The molecule has 23 heavy (non-hydrogen) atoms. The third-order valence-corrected chi connectivity index (χ3v) is 4.81. The van der Waals surface area contributed by atoms with Gasteiger partial charge >= 0.3 is 0 Å². The minimum atomic E-state index is 0.296. The first kappa shape index (κ1) is 14.7. The maximum Gasteiger partial charge on any atom is 0.170 e. The summed E-state index contributed by atoms with van der Waals surface area (Å²) in [7, 11) is 0. The molecule has 4 heteroatoms. The molecule has 0 amide bonds. The lowest BCUT2D eigenvalue weighted by Crippen LogP contribution is -2.34. The monoisotopic (exact) mass is 324 g/mol. The molecule has 3 nitrogen and oxygen atoms in total. The minimum absolute atomic E-state index is 0.296. The van der Waals surface area contributed by atoms with Crippen LogP contribution in [-0.4, -0.2) is 24.4 Å². The first-order chi connectivity index (χ1) is 11.3. The van der Waals surface area contributed by atoms with Crippen LogP contribution in [0.4, 0.5) is 5.69 Å². The van der Waals surface area contributed by atoms with Gasteiger partial charge in [-0.2, -0.15) is 0 Å². The molecule has 1 fully saturated rings. The van der Waals surface area contributed by atoms with Crippen molar-refractivity contribution in [2.45, 2.75) is 25.4 Å². The lowest BCUT2D eigenvalue weighted by molar-refractivity contribution is 0.114. The number of anilines is 1. The third kappa shape index (κ3) is 3.09. The molecule has 0 bridgehead atoms. The molecule has 0 radical (unpaired) electrons. The Labute approximate surface area is 142 Å². The molecule has 1 saturated heterocycles. The van der Waals surface area contributed by atoms with Crippen molar-refractivity contribution in [3.8, 4) is 11.1 Å². The van der Waals surface area contributed by atoms with Crippen LogP contribution < -0.4 is 10.6 Å². The summed E-state index contributed by atoms with van der Waals surface area (Å²) in [5.74, 6) is 0. The zero-order valence-corrected chi connectivity index (χ0v) is 13.8. The highest BCUT2D eigenvalue weighted by Gasteiger charge is 2.18. The van der Waals surface area contributed by atoms with E-state index in [2.05, 4.69) is 53.1 Å². The van der Waals surface area contributed by atoms with Crippen molar-refractivity contribution < 1.29 is 4.74 Å². The number of thiocarbonyl (C=S) groups is 1. The van der Waals surface area contributed by atoms with E-state index in [0.717, 1.165) is 38.1 Å². The van der Waals surface area contributed by atoms with Crippen LogP contribution in [0, 0.1) is 0 Å². The zero-order valence-electron chi connectivity index (χ0n) is 13.0. The van der Waals surface area contributed by atoms with Crippen LogP contribution in [0.15, 0.2) is 42.5 Å². The van der Waals surface area contributed by atoms with Crippen molar-refractivity contribution in [1.82, 2.24) is 5.32 Å². The Morgan fingerprint density at radius 3 is 2.87 bits per heavy atom. The molecule has 1 aliphatic heterocycles. The van der Waals surface area contributed by atoms with E-state index in [0.29, 0.717) is 11.2 Å². The SMILES string of the molecule is S=C(NC[C@@H]1CCCO1)Nc1ccc2c(c1)Cc1ccccc1-2. The van der Waals surface area contributed by atoms with Crippen LogP contribution in [0.25, 0.3) is 11.1 Å². The molecule has 2 aliphatic rings. The number of rotatable bonds is 3. The number of nitrogens with one attached hydrogen (secondary N) is 2. The largest absolute Gasteiger partial charge is 0.376 e. The molecule has 1 atom stereocenters. The molecule has 0 unspecified atom stereocenters. The van der Waals surface area contributed by atoms with Gasteiger partial charge in [0.2, 0.25) is 0 Å². The Morgan fingerprint density at radius 2 is 2.00 bits per heavy atom. The van der Waals surface area contributed by atoms with Gasteiger partial charge in [-0.1, -0.05) is 30.3 Å². The predicted molar refractivity (Wildman–Crippen MR) is 97.9 cm³/mol. The van der Waals surface area contributed by atoms with Crippen molar-refractivity contribution in [3.63, 3.8) is 0 Å². The van der Waals surface area contributed by atoms with E-state index < -0.39 is 0 Å². The Bertz CT molecular complexity index is 738. The van der Waals surface area contributed by atoms with E-state index in [4.69, 9.17) is 17.0 Å². The fourth-order valence-electron chi connectivity index (χ4n) is 3.41. The number of hydrogen-bond donors (Lipinski definition) is 2. The highest BCUT2D eigenvalue weighted by Crippen LogP contribution is 2.37. The standard InChI is InChI=1S/C19H20N2OS/c23-19(20-12-16-5-3-9-22-16)21-15-7-8-18-14(11-15)10-13-4-1-2-6-17(13)18/h1-2,4,6-8,11,16H,3,5,9-10,12H2,(H2,20,21,23)/t16-/m0/s1. The summed E-state index contributed by atoms with van der Waals surface area (Å²) in [5.41, 5.74) is 6.50. The van der Waals surface area contributed by atoms with Gasteiger partial charge in [0.1, 0.15) is 0 Å². The fourth-order valence-corrected chi connectivity index (χ4v) is 3.61. The molecule has 1 heterocycles. The summed E-state index contributed by atoms with van der Waals surface area (Å²) in [4.78, 5) is 0. The molecule has 0 spiro atoms. The second-order valence-electron chi connectivity index (χ2n) is 6.18. The number of hydrogen-bond acceptors (Lipinski definition) is 2. The summed E-state index contributed by atoms with van der Waals surface area (Å²) in [6.07, 6.45) is 3.56. The van der Waals surface area contributed by atoms with Crippen LogP contribution in [0.5, 0.6) is 0 Å². The Balaban J connectivity index is 1.41. The Hall–Kier alpha value is -1.91. The van der Waals surface area contributed by atoms with E-state index >= 15 is 0 Å². The average molecular weight is 324 g/mol. The summed E-state index contributed by atoms with van der Waals surface area (Å²) < 4.78 is 5.60. The van der Waals surface area contributed by atoms with Crippen LogP contribution in [0.2, 0.25) is 0 Å². The van der Waals surface area contributed by atoms with Gasteiger partial charge in [-0.15, -0.1) is 0 Å². The lowest BCUT2D eigenvalue weighted by atomic mass is 10.1. The van der Waals surface area contributed by atoms with E-state index in [-0.39, 0.29) is 0 Å². The average Bonchev–Trinajstić information content (AvgIpc) is 3.20. The molecular formula is C19H20N2OS. The van der Waals surface area contributed by atoms with Gasteiger partial charge in [-0.3, -0.25) is 0 Å². The van der Waals surface area contributed by atoms with E-state index in [9.17, 15) is 0 Å². The highest BCUT2D eigenvalue weighted by atomic mass is 32.1. The maximum atomic E-state index is 5.60. The van der Waals surface area contributed by atoms with Gasteiger partial charge in [0.15, 0.2) is 5.11 Å². The quantitative estimate of drug-likeness (QED) is 0.719. The van der Waals surface area contributed by atoms with Gasteiger partial charge in [0.25, 0.3) is 0 Å². The molecule has 2 N–H and O–H groups in total. The van der Waals surface area contributed by atoms with Gasteiger partial charge in [-0.25, -0.2) is 0 Å². The topological polar surface area (TPSA) is 33.3 Å². The van der Waals surface area contributed by atoms with Crippen molar-refractivity contribution in [1.29, 1.82) is 0 Å². The molecular weight excluding hydrogens is 304 g/mol. The summed E-state index contributed by atoms with van der Waals surface area (Å²) in [5, 5.41) is 7.20. The number of fused-ring (bicyclic) bond motifs is 3. The molecule has 4 rings (SSSR count). The van der Waals surface area contributed by atoms with Crippen LogP contribution in [0.3, 0.4) is 0 Å². The first-order valence-electron chi connectivity index (χ1n) is 8.17. The van der Waals surface area contributed by atoms with Crippen LogP contribution >= 0.6 is 12.2 Å². The molecule has 0 aromatic heterocycles. The van der Waals surface area contributed by atoms with E-state index in [1.54, 1.807) is 0 Å². The molecule has 0 saturated carbocycles. The van der Waals surface area contributed by atoms with Crippen molar-refractivity contribution >= 4 is 23.0 Å². The molecule has 2 aromatic carbocycles. The third-order valence-electron chi connectivity index (χ3n) is 4.57. The number of benzene rings is 2. The normalized spacial score (nSPS) is 18.3. The second kappa shape index (κ2) is 6.30. The van der Waals surface area contributed by atoms with Crippen LogP contribution in [0.1, 0.15) is 24.0 Å². The van der Waals surface area contributed by atoms with Gasteiger partial charge in [0, 0.05) is 18.8 Å². The molecule has 2 aromatic rings. The van der Waals surface area contributed by atoms with Gasteiger partial charge < -0.3 is 15.4 Å². The van der Waals surface area contributed by atoms with Crippen LogP contribution in [-0.2, 0) is 11.2 Å². The summed E-state index contributed by atoms with van der Waals surface area (Å²) in [6.45, 7) is 1.65. The predicted octanol–water partition coefficient (Wildman–Crippen LogP) is 3.72. The minimum Gasteiger partial charge on any atom is -0.376 e. The van der Waals surface area contributed by atoms with Gasteiger partial charge in [-0.05, 0) is 65.9 Å². The smallest absolute Gasteiger partial charge is 0.170 e. The lowest BCUT2D eigenvalue weighted by Gasteiger charge is -2.14. The first-order valence-corrected chi connectivity index (χ1v) is 8.58. The van der Waals surface area contributed by atoms with Crippen molar-refractivity contribution in [2.75, 3.05) is 18.5 Å². The van der Waals surface area contributed by atoms with E-state index in [1.165, 1.54) is 22.3 Å². The van der Waals surface area contributed by atoms with E-state index in [1.807, 2.05) is 0 Å². The number of ether oxygens (including phenoxy) is 1. The zero-order chi connectivity index (χ0) is 15.6. The summed E-state index contributed by atoms with van der Waals surface area (Å²) >= 11 is 5.39. The highest BCUT2D eigenvalue weighted by molar-refractivity contribution is 7.80. The van der Waals surface area contributed by atoms with Crippen molar-refractivity contribution in [2.24, 2.45) is 0 Å². The fraction of sp³-hybridized carbons (Fsp3) is 0.316.